The van der Waals surface area contributed by atoms with Crippen molar-refractivity contribution in [3.8, 4) is 0 Å². The summed E-state index contributed by atoms with van der Waals surface area (Å²) in [6.45, 7) is 9.55. The minimum absolute atomic E-state index is 0.101. The van der Waals surface area contributed by atoms with E-state index in [1.165, 1.54) is 32.1 Å². The monoisotopic (exact) mass is 258 g/mol. The molecule has 0 aromatic heterocycles. The van der Waals surface area contributed by atoms with Gasteiger partial charge in [0.25, 0.3) is 0 Å². The van der Waals surface area contributed by atoms with Gasteiger partial charge in [-0.2, -0.15) is 0 Å². The molecule has 1 aliphatic rings. The standard InChI is InChI=1S/C13H30N2OSi/c1-12(2,15-10-9-14)7-8-13(17-3)6-4-5-11-16-13/h15H,4-11,14,17H2,1-3H3. The fourth-order valence-electron chi connectivity index (χ4n) is 2.60. The van der Waals surface area contributed by atoms with E-state index in [4.69, 9.17) is 10.5 Å². The second-order valence-corrected chi connectivity index (χ2v) is 7.94. The molecule has 0 bridgehead atoms. The van der Waals surface area contributed by atoms with Gasteiger partial charge in [0.1, 0.15) is 0 Å². The van der Waals surface area contributed by atoms with Crippen molar-refractivity contribution < 1.29 is 4.74 Å². The summed E-state index contributed by atoms with van der Waals surface area (Å²) in [4.78, 5) is 0. The van der Waals surface area contributed by atoms with Gasteiger partial charge in [-0.05, 0) is 46.0 Å². The largest absolute Gasteiger partial charge is 0.379 e. The van der Waals surface area contributed by atoms with Crippen LogP contribution in [0.2, 0.25) is 6.55 Å². The van der Waals surface area contributed by atoms with Gasteiger partial charge in [0.15, 0.2) is 0 Å². The summed E-state index contributed by atoms with van der Waals surface area (Å²) in [7, 11) is -0.101. The Morgan fingerprint density at radius 3 is 2.71 bits per heavy atom. The summed E-state index contributed by atoms with van der Waals surface area (Å²) in [5, 5.41) is 3.82. The van der Waals surface area contributed by atoms with Crippen LogP contribution in [0, 0.1) is 0 Å². The van der Waals surface area contributed by atoms with Crippen LogP contribution in [0.3, 0.4) is 0 Å². The first-order valence-corrected chi connectivity index (χ1v) is 9.25. The van der Waals surface area contributed by atoms with E-state index in [2.05, 4.69) is 25.7 Å². The Morgan fingerprint density at radius 2 is 2.18 bits per heavy atom. The molecule has 0 aliphatic carbocycles. The maximum absolute atomic E-state index is 6.12. The molecule has 1 rings (SSSR count). The van der Waals surface area contributed by atoms with Crippen molar-refractivity contribution in [3.63, 3.8) is 0 Å². The first-order valence-electron chi connectivity index (χ1n) is 7.13. The van der Waals surface area contributed by atoms with Crippen molar-refractivity contribution in [1.82, 2.24) is 5.32 Å². The number of hydrogen-bond acceptors (Lipinski definition) is 3. The summed E-state index contributed by atoms with van der Waals surface area (Å²) in [6, 6.07) is 0. The van der Waals surface area contributed by atoms with E-state index in [9.17, 15) is 0 Å². The molecular weight excluding hydrogens is 228 g/mol. The normalized spacial score (nSPS) is 26.8. The Bertz CT molecular complexity index is 215. The van der Waals surface area contributed by atoms with Crippen LogP contribution in [0.5, 0.6) is 0 Å². The topological polar surface area (TPSA) is 47.3 Å². The minimum Gasteiger partial charge on any atom is -0.379 e. The van der Waals surface area contributed by atoms with Gasteiger partial charge in [-0.15, -0.1) is 0 Å². The van der Waals surface area contributed by atoms with E-state index in [0.29, 0.717) is 11.8 Å². The number of nitrogens with two attached hydrogens (primary N) is 1. The van der Waals surface area contributed by atoms with Crippen LogP contribution in [0.15, 0.2) is 0 Å². The molecule has 0 spiro atoms. The molecule has 4 heteroatoms. The van der Waals surface area contributed by atoms with Crippen molar-refractivity contribution in [3.05, 3.63) is 0 Å². The van der Waals surface area contributed by atoms with Gasteiger partial charge in [0.05, 0.1) is 14.7 Å². The lowest BCUT2D eigenvalue weighted by Crippen LogP contribution is -2.47. The van der Waals surface area contributed by atoms with E-state index in [1.54, 1.807) is 0 Å². The zero-order valence-electron chi connectivity index (χ0n) is 11.8. The molecular formula is C13H30N2OSi. The summed E-state index contributed by atoms with van der Waals surface area (Å²) in [5.74, 6) is 0. The number of rotatable bonds is 7. The van der Waals surface area contributed by atoms with Crippen molar-refractivity contribution in [1.29, 1.82) is 0 Å². The van der Waals surface area contributed by atoms with Gasteiger partial charge < -0.3 is 15.8 Å². The van der Waals surface area contributed by atoms with E-state index in [1.807, 2.05) is 0 Å². The molecule has 0 aromatic carbocycles. The van der Waals surface area contributed by atoms with Crippen molar-refractivity contribution in [2.45, 2.75) is 63.3 Å². The second kappa shape index (κ2) is 6.88. The molecule has 1 fully saturated rings. The van der Waals surface area contributed by atoms with Crippen molar-refractivity contribution >= 4 is 9.52 Å². The third kappa shape index (κ3) is 5.08. The number of hydrogen-bond donors (Lipinski definition) is 2. The SMILES string of the molecule is C[SiH2]C1(CCC(C)(C)NCCN)CCCCO1. The first-order chi connectivity index (χ1) is 8.04. The van der Waals surface area contributed by atoms with E-state index < -0.39 is 0 Å². The maximum atomic E-state index is 6.12. The minimum atomic E-state index is -0.101. The van der Waals surface area contributed by atoms with Gasteiger partial charge in [-0.25, -0.2) is 0 Å². The van der Waals surface area contributed by atoms with E-state index in [-0.39, 0.29) is 15.1 Å². The van der Waals surface area contributed by atoms with E-state index in [0.717, 1.165) is 13.2 Å². The lowest BCUT2D eigenvalue weighted by molar-refractivity contribution is -0.0294. The van der Waals surface area contributed by atoms with Crippen LogP contribution in [0.25, 0.3) is 0 Å². The van der Waals surface area contributed by atoms with Gasteiger partial charge in [0.2, 0.25) is 0 Å². The Hall–Kier alpha value is 0.0969. The molecule has 0 saturated carbocycles. The predicted molar refractivity (Wildman–Crippen MR) is 77.3 cm³/mol. The molecule has 1 aliphatic heterocycles. The van der Waals surface area contributed by atoms with Crippen LogP contribution in [0.4, 0.5) is 0 Å². The summed E-state index contributed by atoms with van der Waals surface area (Å²) >= 11 is 0. The average Bonchev–Trinajstić information content (AvgIpc) is 2.35. The first kappa shape index (κ1) is 15.2. The van der Waals surface area contributed by atoms with Gasteiger partial charge in [0, 0.05) is 25.2 Å². The molecule has 1 atom stereocenters. The molecule has 102 valence electrons. The number of nitrogens with one attached hydrogen (secondary N) is 1. The van der Waals surface area contributed by atoms with Crippen molar-refractivity contribution in [2.75, 3.05) is 19.7 Å². The highest BCUT2D eigenvalue weighted by Gasteiger charge is 2.33. The molecule has 17 heavy (non-hydrogen) atoms. The summed E-state index contributed by atoms with van der Waals surface area (Å²) in [6.07, 6.45) is 6.32. The highest BCUT2D eigenvalue weighted by molar-refractivity contribution is 6.37. The Balaban J connectivity index is 2.40. The molecule has 1 unspecified atom stereocenters. The van der Waals surface area contributed by atoms with Crippen LogP contribution in [-0.4, -0.2) is 40.0 Å². The van der Waals surface area contributed by atoms with Crippen LogP contribution < -0.4 is 11.1 Å². The smallest absolute Gasteiger partial charge is 0.0564 e. The zero-order chi connectivity index (χ0) is 12.8. The fourth-order valence-corrected chi connectivity index (χ4v) is 4.08. The third-order valence-electron chi connectivity index (χ3n) is 4.03. The van der Waals surface area contributed by atoms with Crippen LogP contribution in [0.1, 0.15) is 46.0 Å². The lowest BCUT2D eigenvalue weighted by Gasteiger charge is -2.39. The van der Waals surface area contributed by atoms with Crippen molar-refractivity contribution in [2.24, 2.45) is 5.73 Å². The molecule has 1 heterocycles. The molecule has 0 amide bonds. The Morgan fingerprint density at radius 1 is 1.41 bits per heavy atom. The highest BCUT2D eigenvalue weighted by atomic mass is 28.2. The lowest BCUT2D eigenvalue weighted by atomic mass is 9.93. The van der Waals surface area contributed by atoms with Crippen LogP contribution in [-0.2, 0) is 4.74 Å². The van der Waals surface area contributed by atoms with Gasteiger partial charge >= 0.3 is 0 Å². The quantitative estimate of drug-likeness (QED) is 0.675. The molecule has 0 radical (unpaired) electrons. The molecule has 3 nitrogen and oxygen atoms in total. The number of ether oxygens (including phenoxy) is 1. The maximum Gasteiger partial charge on any atom is 0.0564 e. The highest BCUT2D eigenvalue weighted by Crippen LogP contribution is 2.30. The van der Waals surface area contributed by atoms with Gasteiger partial charge in [-0.3, -0.25) is 0 Å². The zero-order valence-corrected chi connectivity index (χ0v) is 13.3. The molecule has 3 N–H and O–H groups in total. The predicted octanol–water partition coefficient (Wildman–Crippen LogP) is 1.21. The average molecular weight is 258 g/mol. The molecule has 1 saturated heterocycles. The molecule has 0 aromatic rings. The van der Waals surface area contributed by atoms with Gasteiger partial charge in [-0.1, -0.05) is 6.55 Å². The third-order valence-corrected chi connectivity index (χ3v) is 6.23. The fraction of sp³-hybridized carbons (Fsp3) is 1.00. The Kier molecular flexibility index (Phi) is 6.13. The summed E-state index contributed by atoms with van der Waals surface area (Å²) in [5.41, 5.74) is 5.74. The second-order valence-electron chi connectivity index (χ2n) is 5.94. The Labute approximate surface area is 109 Å². The summed E-state index contributed by atoms with van der Waals surface area (Å²) < 4.78 is 6.12. The van der Waals surface area contributed by atoms with E-state index >= 15 is 0 Å². The van der Waals surface area contributed by atoms with Crippen LogP contribution >= 0.6 is 0 Å².